The summed E-state index contributed by atoms with van der Waals surface area (Å²) in [5.74, 6) is 0.972. The normalized spacial score (nSPS) is 10.3. The Balaban J connectivity index is 1.99. The molecule has 6 heteroatoms. The van der Waals surface area contributed by atoms with Crippen molar-refractivity contribution >= 4 is 33.2 Å². The summed E-state index contributed by atoms with van der Waals surface area (Å²) in [5, 5.41) is 2.74. The van der Waals surface area contributed by atoms with Crippen LogP contribution >= 0.6 is 15.9 Å². The maximum absolute atomic E-state index is 12.0. The molecule has 0 aromatic heterocycles. The minimum absolute atomic E-state index is 0.0889. The van der Waals surface area contributed by atoms with Crippen molar-refractivity contribution in [3.8, 4) is 11.5 Å². The van der Waals surface area contributed by atoms with E-state index in [1.165, 1.54) is 0 Å². The molecule has 0 aliphatic carbocycles. The number of nitrogens with two attached hydrogens (primary N) is 1. The summed E-state index contributed by atoms with van der Waals surface area (Å²) in [6.07, 6.45) is 0. The number of methoxy groups -OCH3 is 1. The van der Waals surface area contributed by atoms with Crippen molar-refractivity contribution in [3.05, 3.63) is 45.9 Å². The molecule has 5 nitrogen and oxygen atoms in total. The summed E-state index contributed by atoms with van der Waals surface area (Å²) in [5.41, 5.74) is 8.96. The predicted molar refractivity (Wildman–Crippen MR) is 95.1 cm³/mol. The monoisotopic (exact) mass is 378 g/mol. The van der Waals surface area contributed by atoms with Crippen LogP contribution in [-0.4, -0.2) is 19.6 Å². The van der Waals surface area contributed by atoms with Crippen molar-refractivity contribution in [2.45, 2.75) is 13.8 Å². The van der Waals surface area contributed by atoms with Crippen LogP contribution in [0.2, 0.25) is 0 Å². The Bertz CT molecular complexity index is 709. The number of anilines is 2. The molecule has 0 bridgehead atoms. The fraction of sp³-hybridized carbons (Fsp3) is 0.235. The fourth-order valence-corrected chi connectivity index (χ4v) is 3.02. The van der Waals surface area contributed by atoms with Crippen LogP contribution in [0.15, 0.2) is 34.8 Å². The SMILES string of the molecule is COc1ccc(NC(=O)COc2c(C)cc(C)cc2Br)cc1N. The van der Waals surface area contributed by atoms with E-state index in [0.717, 1.165) is 15.6 Å². The zero-order valence-electron chi connectivity index (χ0n) is 13.3. The van der Waals surface area contributed by atoms with Gasteiger partial charge in [0.25, 0.3) is 5.91 Å². The summed E-state index contributed by atoms with van der Waals surface area (Å²) in [6, 6.07) is 9.02. The first-order valence-electron chi connectivity index (χ1n) is 7.03. The van der Waals surface area contributed by atoms with Gasteiger partial charge in [-0.25, -0.2) is 0 Å². The summed E-state index contributed by atoms with van der Waals surface area (Å²) in [6.45, 7) is 3.85. The highest BCUT2D eigenvalue weighted by atomic mass is 79.9. The molecule has 122 valence electrons. The average Bonchev–Trinajstić information content (AvgIpc) is 2.46. The highest BCUT2D eigenvalue weighted by Gasteiger charge is 2.10. The van der Waals surface area contributed by atoms with Gasteiger partial charge in [0.2, 0.25) is 0 Å². The van der Waals surface area contributed by atoms with Gasteiger partial charge in [0.1, 0.15) is 11.5 Å². The second-order valence-electron chi connectivity index (χ2n) is 5.19. The fourth-order valence-electron chi connectivity index (χ4n) is 2.23. The van der Waals surface area contributed by atoms with Crippen molar-refractivity contribution in [2.75, 3.05) is 24.8 Å². The van der Waals surface area contributed by atoms with E-state index < -0.39 is 0 Å². The van der Waals surface area contributed by atoms with Crippen LogP contribution in [0.4, 0.5) is 11.4 Å². The van der Waals surface area contributed by atoms with Crippen LogP contribution in [0.5, 0.6) is 11.5 Å². The van der Waals surface area contributed by atoms with Gasteiger partial charge in [0.15, 0.2) is 6.61 Å². The molecule has 0 aliphatic heterocycles. The first kappa shape index (κ1) is 17.1. The molecule has 0 atom stereocenters. The largest absolute Gasteiger partial charge is 0.495 e. The molecule has 0 spiro atoms. The summed E-state index contributed by atoms with van der Waals surface area (Å²) in [4.78, 5) is 12.0. The molecule has 2 rings (SSSR count). The van der Waals surface area contributed by atoms with E-state index in [-0.39, 0.29) is 12.5 Å². The molecular weight excluding hydrogens is 360 g/mol. The zero-order valence-corrected chi connectivity index (χ0v) is 14.9. The second-order valence-corrected chi connectivity index (χ2v) is 6.04. The van der Waals surface area contributed by atoms with Gasteiger partial charge in [-0.2, -0.15) is 0 Å². The van der Waals surface area contributed by atoms with Crippen molar-refractivity contribution in [2.24, 2.45) is 0 Å². The van der Waals surface area contributed by atoms with E-state index in [4.69, 9.17) is 15.2 Å². The lowest BCUT2D eigenvalue weighted by Gasteiger charge is -2.13. The molecule has 0 heterocycles. The van der Waals surface area contributed by atoms with Gasteiger partial charge in [-0.05, 0) is 65.2 Å². The van der Waals surface area contributed by atoms with E-state index in [2.05, 4.69) is 21.2 Å². The first-order valence-corrected chi connectivity index (χ1v) is 7.83. The molecule has 0 saturated carbocycles. The van der Waals surface area contributed by atoms with E-state index in [9.17, 15) is 4.79 Å². The molecule has 2 aromatic carbocycles. The number of aryl methyl sites for hydroxylation is 2. The van der Waals surface area contributed by atoms with Crippen LogP contribution in [-0.2, 0) is 4.79 Å². The summed E-state index contributed by atoms with van der Waals surface area (Å²) < 4.78 is 11.5. The number of hydrogen-bond donors (Lipinski definition) is 2. The highest BCUT2D eigenvalue weighted by molar-refractivity contribution is 9.10. The Morgan fingerprint density at radius 3 is 2.61 bits per heavy atom. The van der Waals surface area contributed by atoms with Crippen molar-refractivity contribution < 1.29 is 14.3 Å². The van der Waals surface area contributed by atoms with Crippen LogP contribution < -0.4 is 20.5 Å². The number of ether oxygens (including phenoxy) is 2. The van der Waals surface area contributed by atoms with Gasteiger partial charge in [-0.15, -0.1) is 0 Å². The number of nitrogen functional groups attached to an aromatic ring is 1. The third-order valence-electron chi connectivity index (χ3n) is 3.23. The third kappa shape index (κ3) is 4.39. The quantitative estimate of drug-likeness (QED) is 0.778. The molecule has 0 unspecified atom stereocenters. The number of nitrogens with one attached hydrogen (secondary N) is 1. The maximum atomic E-state index is 12.0. The number of halogens is 1. The van der Waals surface area contributed by atoms with E-state index in [1.807, 2.05) is 26.0 Å². The number of rotatable bonds is 5. The molecule has 0 fully saturated rings. The molecule has 0 saturated heterocycles. The maximum Gasteiger partial charge on any atom is 0.262 e. The van der Waals surface area contributed by atoms with Gasteiger partial charge >= 0.3 is 0 Å². The number of carbonyl (C=O) groups excluding carboxylic acids is 1. The Morgan fingerprint density at radius 1 is 1.26 bits per heavy atom. The Kier molecular flexibility index (Phi) is 5.50. The van der Waals surface area contributed by atoms with Crippen molar-refractivity contribution in [1.82, 2.24) is 0 Å². The number of benzene rings is 2. The molecular formula is C17H19BrN2O3. The standard InChI is InChI=1S/C17H19BrN2O3/c1-10-6-11(2)17(13(18)7-10)23-9-16(21)20-12-4-5-15(22-3)14(19)8-12/h4-8H,9,19H2,1-3H3,(H,20,21). The van der Waals surface area contributed by atoms with Gasteiger partial charge in [-0.3, -0.25) is 4.79 Å². The average molecular weight is 379 g/mol. The predicted octanol–water partition coefficient (Wildman–Crippen LogP) is 3.67. The lowest BCUT2D eigenvalue weighted by molar-refractivity contribution is -0.118. The summed E-state index contributed by atoms with van der Waals surface area (Å²) >= 11 is 3.45. The topological polar surface area (TPSA) is 73.6 Å². The highest BCUT2D eigenvalue weighted by Crippen LogP contribution is 2.30. The number of carbonyl (C=O) groups is 1. The van der Waals surface area contributed by atoms with Crippen LogP contribution in [0, 0.1) is 13.8 Å². The smallest absolute Gasteiger partial charge is 0.262 e. The molecule has 23 heavy (non-hydrogen) atoms. The van der Waals surface area contributed by atoms with Crippen LogP contribution in [0.3, 0.4) is 0 Å². The molecule has 0 aliphatic rings. The number of amides is 1. The Labute approximate surface area is 143 Å². The minimum Gasteiger partial charge on any atom is -0.495 e. The van der Waals surface area contributed by atoms with E-state index in [0.29, 0.717) is 22.9 Å². The number of hydrogen-bond acceptors (Lipinski definition) is 4. The molecule has 0 radical (unpaired) electrons. The van der Waals surface area contributed by atoms with E-state index in [1.54, 1.807) is 25.3 Å². The van der Waals surface area contributed by atoms with Gasteiger partial charge in [0.05, 0.1) is 17.3 Å². The van der Waals surface area contributed by atoms with Crippen molar-refractivity contribution in [3.63, 3.8) is 0 Å². The third-order valence-corrected chi connectivity index (χ3v) is 3.82. The summed E-state index contributed by atoms with van der Waals surface area (Å²) in [7, 11) is 1.54. The molecule has 1 amide bonds. The zero-order chi connectivity index (χ0) is 17.0. The lowest BCUT2D eigenvalue weighted by atomic mass is 10.1. The van der Waals surface area contributed by atoms with Gasteiger partial charge in [0, 0.05) is 5.69 Å². The van der Waals surface area contributed by atoms with Gasteiger partial charge in [-0.1, -0.05) is 6.07 Å². The van der Waals surface area contributed by atoms with Gasteiger partial charge < -0.3 is 20.5 Å². The Morgan fingerprint density at radius 2 is 2.00 bits per heavy atom. The van der Waals surface area contributed by atoms with Crippen LogP contribution in [0.25, 0.3) is 0 Å². The molecule has 3 N–H and O–H groups in total. The van der Waals surface area contributed by atoms with E-state index >= 15 is 0 Å². The Hall–Kier alpha value is -2.21. The lowest BCUT2D eigenvalue weighted by Crippen LogP contribution is -2.20. The molecule has 2 aromatic rings. The van der Waals surface area contributed by atoms with Crippen molar-refractivity contribution in [1.29, 1.82) is 0 Å². The first-order chi connectivity index (χ1) is 10.9. The minimum atomic E-state index is -0.263. The van der Waals surface area contributed by atoms with Crippen LogP contribution in [0.1, 0.15) is 11.1 Å². The second kappa shape index (κ2) is 7.37.